The molecule has 4 heteroatoms. The first kappa shape index (κ1) is 11.5. The predicted octanol–water partition coefficient (Wildman–Crippen LogP) is 3.26. The average molecular weight is 284 g/mol. The maximum atomic E-state index is 11.3. The summed E-state index contributed by atoms with van der Waals surface area (Å²) >= 11 is 3.51. The lowest BCUT2D eigenvalue weighted by molar-refractivity contribution is 0.0385. The molecule has 0 spiro atoms. The number of benzene rings is 1. The number of hydrogen-bond acceptors (Lipinski definition) is 2. The fraction of sp³-hybridized carbons (Fsp3) is 0.417. The van der Waals surface area contributed by atoms with E-state index in [0.717, 1.165) is 10.0 Å². The largest absolute Gasteiger partial charge is 0.449 e. The lowest BCUT2D eigenvalue weighted by atomic mass is 9.80. The highest BCUT2D eigenvalue weighted by Crippen LogP contribution is 2.38. The first-order chi connectivity index (χ1) is 7.50. The van der Waals surface area contributed by atoms with Crippen LogP contribution in [0.4, 0.5) is 4.79 Å². The first-order valence-corrected chi connectivity index (χ1v) is 5.98. The quantitative estimate of drug-likeness (QED) is 0.859. The van der Waals surface area contributed by atoms with Gasteiger partial charge in [-0.2, -0.15) is 0 Å². The van der Waals surface area contributed by atoms with E-state index in [9.17, 15) is 4.79 Å². The Morgan fingerprint density at radius 1 is 1.44 bits per heavy atom. The summed E-state index contributed by atoms with van der Waals surface area (Å²) in [6.07, 6.45) is -0.347. The van der Waals surface area contributed by atoms with Crippen molar-refractivity contribution in [3.05, 3.63) is 34.3 Å². The van der Waals surface area contributed by atoms with Crippen molar-refractivity contribution in [2.24, 2.45) is 5.41 Å². The molecular weight excluding hydrogens is 270 g/mol. The van der Waals surface area contributed by atoms with Gasteiger partial charge in [-0.1, -0.05) is 48.0 Å². The Morgan fingerprint density at radius 3 is 2.81 bits per heavy atom. The van der Waals surface area contributed by atoms with Gasteiger partial charge in [-0.15, -0.1) is 0 Å². The summed E-state index contributed by atoms with van der Waals surface area (Å²) in [7, 11) is 0. The molecule has 1 fully saturated rings. The Balaban J connectivity index is 2.38. The average Bonchev–Trinajstić information content (AvgIpc) is 2.23. The van der Waals surface area contributed by atoms with Crippen LogP contribution in [-0.4, -0.2) is 12.7 Å². The third-order valence-electron chi connectivity index (χ3n) is 2.84. The number of alkyl carbamates (subject to hydrolysis) is 1. The van der Waals surface area contributed by atoms with Crippen LogP contribution in [0.2, 0.25) is 0 Å². The Labute approximate surface area is 103 Å². The van der Waals surface area contributed by atoms with E-state index in [4.69, 9.17) is 4.74 Å². The Bertz CT molecular complexity index is 417. The fourth-order valence-electron chi connectivity index (χ4n) is 1.90. The van der Waals surface area contributed by atoms with Crippen molar-refractivity contribution in [2.45, 2.75) is 19.9 Å². The number of carbonyl (C=O) groups excluding carboxylic acids is 1. The molecule has 0 bridgehead atoms. The molecule has 0 unspecified atom stereocenters. The topological polar surface area (TPSA) is 38.3 Å². The van der Waals surface area contributed by atoms with Crippen molar-refractivity contribution in [3.8, 4) is 0 Å². The van der Waals surface area contributed by atoms with Crippen LogP contribution in [0.15, 0.2) is 28.7 Å². The monoisotopic (exact) mass is 283 g/mol. The molecule has 16 heavy (non-hydrogen) atoms. The number of halogens is 1. The highest BCUT2D eigenvalue weighted by atomic mass is 79.9. The number of carbonyl (C=O) groups is 1. The Morgan fingerprint density at radius 2 is 2.12 bits per heavy atom. The highest BCUT2D eigenvalue weighted by molar-refractivity contribution is 9.10. The van der Waals surface area contributed by atoms with Crippen LogP contribution in [0.1, 0.15) is 25.5 Å². The molecule has 1 aliphatic heterocycles. The maximum absolute atomic E-state index is 11.3. The molecule has 1 aromatic rings. The molecule has 1 saturated heterocycles. The van der Waals surface area contributed by atoms with Crippen LogP contribution in [-0.2, 0) is 4.74 Å². The molecular formula is C12H14BrNO2. The van der Waals surface area contributed by atoms with Gasteiger partial charge in [0.05, 0.1) is 6.04 Å². The summed E-state index contributed by atoms with van der Waals surface area (Å²) in [6.45, 7) is 4.60. The zero-order chi connectivity index (χ0) is 11.8. The zero-order valence-corrected chi connectivity index (χ0v) is 10.9. The number of ether oxygens (including phenoxy) is 1. The van der Waals surface area contributed by atoms with E-state index < -0.39 is 0 Å². The molecule has 1 aliphatic rings. The van der Waals surface area contributed by atoms with E-state index in [0.29, 0.717) is 6.61 Å². The van der Waals surface area contributed by atoms with E-state index in [1.54, 1.807) is 0 Å². The van der Waals surface area contributed by atoms with E-state index in [1.807, 2.05) is 24.3 Å². The molecule has 1 N–H and O–H groups in total. The van der Waals surface area contributed by atoms with Crippen LogP contribution < -0.4 is 5.32 Å². The summed E-state index contributed by atoms with van der Waals surface area (Å²) in [5.41, 5.74) is 0.974. The van der Waals surface area contributed by atoms with Crippen molar-refractivity contribution in [1.29, 1.82) is 0 Å². The van der Waals surface area contributed by atoms with Gasteiger partial charge in [-0.25, -0.2) is 4.79 Å². The van der Waals surface area contributed by atoms with Crippen LogP contribution in [0, 0.1) is 5.41 Å². The van der Waals surface area contributed by atoms with Gasteiger partial charge in [0, 0.05) is 9.89 Å². The summed E-state index contributed by atoms with van der Waals surface area (Å²) < 4.78 is 6.03. The molecule has 86 valence electrons. The molecule has 0 aromatic heterocycles. The second-order valence-corrected chi connectivity index (χ2v) is 5.52. The van der Waals surface area contributed by atoms with Crippen molar-refractivity contribution < 1.29 is 9.53 Å². The van der Waals surface area contributed by atoms with Gasteiger partial charge < -0.3 is 10.1 Å². The van der Waals surface area contributed by atoms with Crippen molar-refractivity contribution in [1.82, 2.24) is 5.32 Å². The van der Waals surface area contributed by atoms with E-state index in [2.05, 4.69) is 35.1 Å². The minimum atomic E-state index is -0.347. The van der Waals surface area contributed by atoms with Crippen LogP contribution in [0.5, 0.6) is 0 Å². The van der Waals surface area contributed by atoms with Gasteiger partial charge in [0.1, 0.15) is 6.61 Å². The lowest BCUT2D eigenvalue weighted by Crippen LogP contribution is -2.47. The second-order valence-electron chi connectivity index (χ2n) is 4.66. The van der Waals surface area contributed by atoms with Crippen molar-refractivity contribution >= 4 is 22.0 Å². The highest BCUT2D eigenvalue weighted by Gasteiger charge is 2.38. The predicted molar refractivity (Wildman–Crippen MR) is 65.1 cm³/mol. The maximum Gasteiger partial charge on any atom is 0.407 e. The Kier molecular flexibility index (Phi) is 2.93. The summed E-state index contributed by atoms with van der Waals surface area (Å²) in [5.74, 6) is 0. The molecule has 0 aliphatic carbocycles. The molecule has 1 amide bonds. The molecule has 3 nitrogen and oxygen atoms in total. The smallest absolute Gasteiger partial charge is 0.407 e. The van der Waals surface area contributed by atoms with E-state index in [-0.39, 0.29) is 17.6 Å². The molecule has 1 heterocycles. The molecule has 1 atom stereocenters. The Hall–Kier alpha value is -1.03. The fourth-order valence-corrected chi connectivity index (χ4v) is 2.41. The molecule has 2 rings (SSSR count). The summed E-state index contributed by atoms with van der Waals surface area (Å²) in [5, 5.41) is 2.87. The number of hydrogen-bond donors (Lipinski definition) is 1. The van der Waals surface area contributed by atoms with Gasteiger partial charge in [0.25, 0.3) is 0 Å². The lowest BCUT2D eigenvalue weighted by Gasteiger charge is -2.38. The third kappa shape index (κ3) is 2.07. The number of rotatable bonds is 1. The third-order valence-corrected chi connectivity index (χ3v) is 3.56. The molecule has 0 radical (unpaired) electrons. The number of nitrogens with one attached hydrogen (secondary N) is 1. The van der Waals surface area contributed by atoms with Crippen LogP contribution in [0.25, 0.3) is 0 Å². The van der Waals surface area contributed by atoms with E-state index >= 15 is 0 Å². The SMILES string of the molecule is CC1(C)COC(=O)N[C@H]1c1ccccc1Br. The summed E-state index contributed by atoms with van der Waals surface area (Å²) in [4.78, 5) is 11.3. The zero-order valence-electron chi connectivity index (χ0n) is 9.29. The second kappa shape index (κ2) is 4.09. The van der Waals surface area contributed by atoms with Crippen LogP contribution in [0.3, 0.4) is 0 Å². The first-order valence-electron chi connectivity index (χ1n) is 5.18. The number of amides is 1. The minimum absolute atomic E-state index is 0.0238. The van der Waals surface area contributed by atoms with Gasteiger partial charge in [0.2, 0.25) is 0 Å². The normalized spacial score (nSPS) is 23.4. The van der Waals surface area contributed by atoms with E-state index in [1.165, 1.54) is 0 Å². The van der Waals surface area contributed by atoms with Gasteiger partial charge in [-0.3, -0.25) is 0 Å². The molecule has 0 saturated carbocycles. The van der Waals surface area contributed by atoms with Gasteiger partial charge in [-0.05, 0) is 11.6 Å². The summed E-state index contributed by atoms with van der Waals surface area (Å²) in [6, 6.07) is 7.90. The van der Waals surface area contributed by atoms with Crippen molar-refractivity contribution in [3.63, 3.8) is 0 Å². The van der Waals surface area contributed by atoms with Gasteiger partial charge in [0.15, 0.2) is 0 Å². The minimum Gasteiger partial charge on any atom is -0.449 e. The standard InChI is InChI=1S/C12H14BrNO2/c1-12(2)7-16-11(15)14-10(12)8-5-3-4-6-9(8)13/h3-6,10H,7H2,1-2H3,(H,14,15)/t10-/m0/s1. The van der Waals surface area contributed by atoms with Crippen LogP contribution >= 0.6 is 15.9 Å². The number of cyclic esters (lactones) is 1. The van der Waals surface area contributed by atoms with Gasteiger partial charge >= 0.3 is 6.09 Å². The van der Waals surface area contributed by atoms with Crippen molar-refractivity contribution in [2.75, 3.05) is 6.61 Å². The molecule has 1 aromatic carbocycles.